The number of thiophene rings is 1. The maximum absolute atomic E-state index is 4.15. The predicted octanol–water partition coefficient (Wildman–Crippen LogP) is 7.07. The summed E-state index contributed by atoms with van der Waals surface area (Å²) in [6, 6.07) is 35.1. The predicted molar refractivity (Wildman–Crippen MR) is 144 cm³/mol. The zero-order valence-corrected chi connectivity index (χ0v) is 18.2. The molecular formula is C29H18BNS. The summed E-state index contributed by atoms with van der Waals surface area (Å²) < 4.78 is 5.08. The molecule has 0 atom stereocenters. The number of benzene rings is 5. The normalized spacial score (nSPS) is 11.8. The summed E-state index contributed by atoms with van der Waals surface area (Å²) >= 11 is 1.88. The van der Waals surface area contributed by atoms with Gasteiger partial charge in [-0.25, -0.2) is 0 Å². The second kappa shape index (κ2) is 6.65. The van der Waals surface area contributed by atoms with Crippen LogP contribution in [0.15, 0.2) is 97.1 Å². The standard InChI is InChI=1S/C29H18BNS/c1-30-24-17-23-21-10-4-6-12-25(21)31(20-15-14-18-8-2-3-9-19(18)16-20)28(23)29-27(24)22-11-5-7-13-26(22)32-29/h2-17H,1H2. The molecule has 7 rings (SSSR count). The number of nitrogens with zero attached hydrogens (tertiary/aromatic N) is 1. The van der Waals surface area contributed by atoms with Crippen LogP contribution in [0.1, 0.15) is 0 Å². The van der Waals surface area contributed by atoms with Crippen molar-refractivity contribution in [3.63, 3.8) is 0 Å². The van der Waals surface area contributed by atoms with Crippen molar-refractivity contribution in [2.45, 2.75) is 0 Å². The average molecular weight is 423 g/mol. The summed E-state index contributed by atoms with van der Waals surface area (Å²) in [5, 5.41) is 7.68. The minimum atomic E-state index is 1.19. The molecule has 2 heterocycles. The van der Waals surface area contributed by atoms with Gasteiger partial charge in [-0.1, -0.05) is 0 Å². The molecule has 0 radical (unpaired) electrons. The van der Waals surface area contributed by atoms with Crippen LogP contribution in [0.2, 0.25) is 0 Å². The van der Waals surface area contributed by atoms with E-state index < -0.39 is 0 Å². The fraction of sp³-hybridized carbons (Fsp3) is 0. The Morgan fingerprint density at radius 1 is 0.688 bits per heavy atom. The van der Waals surface area contributed by atoms with Gasteiger partial charge in [-0.3, -0.25) is 0 Å². The number of hydrogen-bond donors (Lipinski definition) is 0. The van der Waals surface area contributed by atoms with Crippen LogP contribution in [-0.4, -0.2) is 18.0 Å². The van der Waals surface area contributed by atoms with Crippen LogP contribution < -0.4 is 5.46 Å². The zero-order valence-electron chi connectivity index (χ0n) is 17.4. The molecule has 5 aromatic carbocycles. The van der Waals surface area contributed by atoms with Gasteiger partial charge in [0.25, 0.3) is 0 Å². The van der Waals surface area contributed by atoms with Crippen LogP contribution >= 0.6 is 11.3 Å². The minimum absolute atomic E-state index is 1.19. The van der Waals surface area contributed by atoms with E-state index in [1.54, 1.807) is 0 Å². The summed E-state index contributed by atoms with van der Waals surface area (Å²) in [7, 11) is 0. The molecule has 0 amide bonds. The van der Waals surface area contributed by atoms with Crippen molar-refractivity contribution in [3.8, 4) is 5.69 Å². The monoisotopic (exact) mass is 423 g/mol. The Kier molecular flexibility index (Phi) is 3.73. The molecule has 0 spiro atoms. The van der Waals surface area contributed by atoms with E-state index in [2.05, 4.69) is 108 Å². The zero-order chi connectivity index (χ0) is 21.2. The second-order valence-corrected chi connectivity index (χ2v) is 9.30. The molecule has 0 saturated heterocycles. The molecule has 0 unspecified atom stereocenters. The van der Waals surface area contributed by atoms with E-state index in [1.165, 1.54) is 63.9 Å². The molecule has 0 fully saturated rings. The number of hydrogen-bond acceptors (Lipinski definition) is 1. The van der Waals surface area contributed by atoms with Crippen molar-refractivity contribution in [3.05, 3.63) is 97.1 Å². The van der Waals surface area contributed by atoms with Gasteiger partial charge in [0.2, 0.25) is 0 Å². The number of aromatic nitrogens is 1. The van der Waals surface area contributed by atoms with Gasteiger partial charge >= 0.3 is 190 Å². The van der Waals surface area contributed by atoms with Crippen LogP contribution in [0.25, 0.3) is 58.4 Å². The molecule has 0 aliphatic heterocycles. The van der Waals surface area contributed by atoms with Gasteiger partial charge in [-0.15, -0.1) is 0 Å². The first-order valence-corrected chi connectivity index (χ1v) is 11.6. The van der Waals surface area contributed by atoms with Crippen molar-refractivity contribution >= 4 is 82.9 Å². The van der Waals surface area contributed by atoms with Gasteiger partial charge in [-0.2, -0.15) is 0 Å². The Hall–Kier alpha value is -3.69. The molecule has 32 heavy (non-hydrogen) atoms. The summed E-state index contributed by atoms with van der Waals surface area (Å²) in [6.07, 6.45) is 0. The first-order chi connectivity index (χ1) is 15.8. The molecule has 0 bridgehead atoms. The summed E-state index contributed by atoms with van der Waals surface area (Å²) in [6.45, 7) is 6.15. The molecule has 0 saturated carbocycles. The molecule has 148 valence electrons. The summed E-state index contributed by atoms with van der Waals surface area (Å²) in [4.78, 5) is 0. The third kappa shape index (κ3) is 2.37. The Morgan fingerprint density at radius 2 is 1.44 bits per heavy atom. The average Bonchev–Trinajstić information content (AvgIpc) is 3.39. The molecular weight excluding hydrogens is 405 g/mol. The van der Waals surface area contributed by atoms with Crippen LogP contribution in [0.3, 0.4) is 0 Å². The molecule has 0 N–H and O–H groups in total. The summed E-state index contributed by atoms with van der Waals surface area (Å²) in [5.74, 6) is 0. The quantitative estimate of drug-likeness (QED) is 0.262. The van der Waals surface area contributed by atoms with Crippen molar-refractivity contribution < 1.29 is 0 Å². The molecule has 0 aliphatic rings. The first-order valence-electron chi connectivity index (χ1n) is 10.8. The van der Waals surface area contributed by atoms with Crippen LogP contribution in [0.5, 0.6) is 0 Å². The molecule has 2 aromatic heterocycles. The summed E-state index contributed by atoms with van der Waals surface area (Å²) in [5.41, 5.74) is 4.91. The van der Waals surface area contributed by atoms with Crippen LogP contribution in [0.4, 0.5) is 0 Å². The Labute approximate surface area is 190 Å². The van der Waals surface area contributed by atoms with Crippen molar-refractivity contribution in [2.75, 3.05) is 0 Å². The van der Waals surface area contributed by atoms with Crippen molar-refractivity contribution in [2.24, 2.45) is 0 Å². The van der Waals surface area contributed by atoms with Crippen LogP contribution in [0, 0.1) is 0 Å². The van der Waals surface area contributed by atoms with Crippen LogP contribution in [-0.2, 0) is 0 Å². The topological polar surface area (TPSA) is 4.93 Å². The second-order valence-electron chi connectivity index (χ2n) is 8.25. The first kappa shape index (κ1) is 17.9. The van der Waals surface area contributed by atoms with E-state index in [0.717, 1.165) is 0 Å². The fourth-order valence-electron chi connectivity index (χ4n) is 5.11. The Bertz CT molecular complexity index is 1850. The third-order valence-corrected chi connectivity index (χ3v) is 7.70. The van der Waals surface area contributed by atoms with E-state index in [0.29, 0.717) is 0 Å². The molecule has 1 nitrogen and oxygen atoms in total. The number of rotatable bonds is 2. The number of para-hydroxylation sites is 1. The molecule has 0 aliphatic carbocycles. The van der Waals surface area contributed by atoms with E-state index in [4.69, 9.17) is 0 Å². The van der Waals surface area contributed by atoms with Gasteiger partial charge in [0.05, 0.1) is 0 Å². The third-order valence-electron chi connectivity index (χ3n) is 6.52. The fourth-order valence-corrected chi connectivity index (χ4v) is 6.38. The van der Waals surface area contributed by atoms with E-state index in [9.17, 15) is 0 Å². The van der Waals surface area contributed by atoms with Gasteiger partial charge in [-0.05, 0) is 0 Å². The van der Waals surface area contributed by atoms with Gasteiger partial charge in [0.1, 0.15) is 0 Å². The van der Waals surface area contributed by atoms with Crippen molar-refractivity contribution in [1.82, 2.24) is 4.57 Å². The van der Waals surface area contributed by atoms with E-state index >= 15 is 0 Å². The number of fused-ring (bicyclic) bond motifs is 8. The van der Waals surface area contributed by atoms with E-state index in [1.807, 2.05) is 18.3 Å². The van der Waals surface area contributed by atoms with Gasteiger partial charge in [0, 0.05) is 0 Å². The molecule has 3 heteroatoms. The maximum atomic E-state index is 4.15. The SMILES string of the molecule is C=Bc1cc2c3ccccc3n(-c3ccc4ccccc4c3)c2c2sc3ccccc3c12. The molecule has 7 aromatic rings. The Balaban J connectivity index is 1.74. The van der Waals surface area contributed by atoms with Gasteiger partial charge < -0.3 is 0 Å². The van der Waals surface area contributed by atoms with E-state index in [-0.39, 0.29) is 0 Å². The van der Waals surface area contributed by atoms with Crippen molar-refractivity contribution in [1.29, 1.82) is 0 Å². The Morgan fingerprint density at radius 3 is 2.31 bits per heavy atom. The van der Waals surface area contributed by atoms with Gasteiger partial charge in [0.15, 0.2) is 0 Å².